The molecule has 1 unspecified atom stereocenters. The molecule has 2 heterocycles. The molecule has 296 valence electrons. The lowest BCUT2D eigenvalue weighted by Crippen LogP contribution is -2.36. The number of methoxy groups -OCH3 is 1. The molecule has 14 heteroatoms. The maximum Gasteiger partial charge on any atom is 0.388 e. The molecule has 1 atom stereocenters. The maximum absolute atomic E-state index is 15.8. The van der Waals surface area contributed by atoms with E-state index in [1.165, 1.54) is 12.1 Å². The highest BCUT2D eigenvalue weighted by Crippen LogP contribution is 2.36. The molecule has 12 nitrogen and oxygen atoms in total. The second kappa shape index (κ2) is 18.5. The van der Waals surface area contributed by atoms with Crippen molar-refractivity contribution in [2.24, 2.45) is 0 Å². The summed E-state index contributed by atoms with van der Waals surface area (Å²) in [6.07, 6.45) is 3.13. The fourth-order valence-corrected chi connectivity index (χ4v) is 7.61. The van der Waals surface area contributed by atoms with Gasteiger partial charge in [0.05, 0.1) is 32.3 Å². The Kier molecular flexibility index (Phi) is 13.4. The molecule has 1 aliphatic heterocycles. The van der Waals surface area contributed by atoms with Gasteiger partial charge in [0, 0.05) is 38.2 Å². The molecule has 0 saturated carbocycles. The summed E-state index contributed by atoms with van der Waals surface area (Å²) in [6.45, 7) is 7.13. The summed E-state index contributed by atoms with van der Waals surface area (Å²) in [5.74, 6) is -0.901. The van der Waals surface area contributed by atoms with Crippen molar-refractivity contribution in [3.63, 3.8) is 0 Å². The van der Waals surface area contributed by atoms with E-state index in [4.69, 9.17) is 23.1 Å². The number of hydrogen-bond acceptors (Lipinski definition) is 10. The number of benzene rings is 4. The van der Waals surface area contributed by atoms with Crippen LogP contribution in [0.4, 0.5) is 4.39 Å². The number of nitrogens with zero attached hydrogens (tertiary/aromatic N) is 4. The molecule has 1 aliphatic rings. The average Bonchev–Trinajstić information content (AvgIpc) is 3.61. The Morgan fingerprint density at radius 1 is 0.964 bits per heavy atom. The van der Waals surface area contributed by atoms with Crippen LogP contribution < -0.4 is 4.74 Å². The van der Waals surface area contributed by atoms with Crippen molar-refractivity contribution in [1.82, 2.24) is 19.3 Å². The maximum atomic E-state index is 15.8. The van der Waals surface area contributed by atoms with Crippen LogP contribution in [0.15, 0.2) is 90.9 Å². The van der Waals surface area contributed by atoms with Gasteiger partial charge in [-0.05, 0) is 96.8 Å². The molecule has 0 aliphatic carbocycles. The van der Waals surface area contributed by atoms with Crippen LogP contribution in [0.25, 0.3) is 11.0 Å². The zero-order valence-electron chi connectivity index (χ0n) is 32.1. The SMILES string of the molecule is CCOC(=O)CC(c1cc(F)c(C)c(CN2CC=C(OCc3ccccc3)OS2(=O)=O)c1)c1ccc2c(nnn2CCCCOCc2ccc(OC)cc2)c1C. The van der Waals surface area contributed by atoms with Crippen LogP contribution in [-0.2, 0) is 59.8 Å². The van der Waals surface area contributed by atoms with Gasteiger partial charge in [-0.2, -0.15) is 12.7 Å². The Balaban J connectivity index is 1.17. The highest BCUT2D eigenvalue weighted by atomic mass is 32.2. The van der Waals surface area contributed by atoms with Crippen molar-refractivity contribution >= 4 is 27.3 Å². The van der Waals surface area contributed by atoms with Crippen molar-refractivity contribution in [3.05, 3.63) is 136 Å². The van der Waals surface area contributed by atoms with E-state index in [0.717, 1.165) is 50.7 Å². The minimum Gasteiger partial charge on any atom is -0.497 e. The quantitative estimate of drug-likeness (QED) is 0.0654. The number of aryl methyl sites for hydroxylation is 2. The monoisotopic (exact) mass is 786 g/mol. The first-order chi connectivity index (χ1) is 27.1. The standard InChI is InChI=1S/C42H47FN4O8S/c1-5-53-40(48)25-37(36-17-18-39-42(30(36)3)44-45-47(39)20-9-10-22-52-27-32-13-15-35(51-4)16-14-32)33-23-34(29(2)38(43)24-33)26-46-21-19-41(55-56(46,49)50)54-28-31-11-7-6-8-12-31/h6-8,11-19,23-24,37H,5,9-10,20-22,25-28H2,1-4H3. The highest BCUT2D eigenvalue weighted by Gasteiger charge is 2.32. The van der Waals surface area contributed by atoms with Gasteiger partial charge >= 0.3 is 16.3 Å². The molecule has 56 heavy (non-hydrogen) atoms. The summed E-state index contributed by atoms with van der Waals surface area (Å²) in [7, 11) is -2.62. The molecule has 5 aromatic rings. The van der Waals surface area contributed by atoms with Crippen LogP contribution in [0, 0.1) is 19.7 Å². The van der Waals surface area contributed by atoms with E-state index >= 15 is 4.39 Å². The first-order valence-electron chi connectivity index (χ1n) is 18.6. The largest absolute Gasteiger partial charge is 0.497 e. The molecule has 0 N–H and O–H groups in total. The molecule has 0 amide bonds. The Morgan fingerprint density at radius 3 is 2.46 bits per heavy atom. The summed E-state index contributed by atoms with van der Waals surface area (Å²) in [5, 5.41) is 8.92. The summed E-state index contributed by atoms with van der Waals surface area (Å²) in [4.78, 5) is 13.0. The number of halogens is 1. The first-order valence-corrected chi connectivity index (χ1v) is 20.0. The molecular formula is C42H47FN4O8S. The van der Waals surface area contributed by atoms with Gasteiger partial charge in [0.25, 0.3) is 5.95 Å². The Bertz CT molecular complexity index is 2260. The van der Waals surface area contributed by atoms with Gasteiger partial charge in [-0.15, -0.1) is 5.10 Å². The Hall–Kier alpha value is -5.31. The van der Waals surface area contributed by atoms with Gasteiger partial charge < -0.3 is 23.1 Å². The van der Waals surface area contributed by atoms with E-state index in [1.54, 1.807) is 27.0 Å². The fraction of sp³-hybridized carbons (Fsp3) is 0.357. The number of carbonyl (C=O) groups excluding carboxylic acids is 1. The van der Waals surface area contributed by atoms with Crippen LogP contribution in [0.2, 0.25) is 0 Å². The second-order valence-electron chi connectivity index (χ2n) is 13.5. The summed E-state index contributed by atoms with van der Waals surface area (Å²) < 4.78 is 72.4. The van der Waals surface area contributed by atoms with Crippen LogP contribution in [0.1, 0.15) is 71.0 Å². The van der Waals surface area contributed by atoms with E-state index in [2.05, 4.69) is 10.3 Å². The summed E-state index contributed by atoms with van der Waals surface area (Å²) in [5.41, 5.74) is 6.22. The van der Waals surface area contributed by atoms with Crippen LogP contribution >= 0.6 is 0 Å². The lowest BCUT2D eigenvalue weighted by Gasteiger charge is -2.27. The lowest BCUT2D eigenvalue weighted by atomic mass is 9.84. The van der Waals surface area contributed by atoms with Crippen molar-refractivity contribution < 1.29 is 40.7 Å². The van der Waals surface area contributed by atoms with Crippen LogP contribution in [0.3, 0.4) is 0 Å². The van der Waals surface area contributed by atoms with Gasteiger partial charge in [-0.1, -0.05) is 59.8 Å². The van der Waals surface area contributed by atoms with Crippen molar-refractivity contribution in [2.45, 2.75) is 72.3 Å². The smallest absolute Gasteiger partial charge is 0.388 e. The minimum atomic E-state index is -4.26. The van der Waals surface area contributed by atoms with Gasteiger partial charge in [0.2, 0.25) is 0 Å². The van der Waals surface area contributed by atoms with Crippen LogP contribution in [-0.4, -0.2) is 60.6 Å². The van der Waals surface area contributed by atoms with Gasteiger partial charge in [-0.3, -0.25) is 4.79 Å². The predicted octanol–water partition coefficient (Wildman–Crippen LogP) is 7.41. The van der Waals surface area contributed by atoms with Gasteiger partial charge in [-0.25, -0.2) is 9.07 Å². The van der Waals surface area contributed by atoms with Crippen molar-refractivity contribution in [2.75, 3.05) is 26.9 Å². The molecule has 0 radical (unpaired) electrons. The zero-order chi connectivity index (χ0) is 39.7. The molecule has 0 saturated heterocycles. The molecule has 0 fully saturated rings. The molecule has 4 aromatic carbocycles. The van der Waals surface area contributed by atoms with E-state index in [9.17, 15) is 13.2 Å². The highest BCUT2D eigenvalue weighted by molar-refractivity contribution is 7.84. The number of esters is 1. The number of aromatic nitrogens is 3. The number of unbranched alkanes of at least 4 members (excludes halogenated alkanes) is 1. The van der Waals surface area contributed by atoms with E-state index in [1.807, 2.05) is 78.3 Å². The van der Waals surface area contributed by atoms with E-state index in [0.29, 0.717) is 36.4 Å². The van der Waals surface area contributed by atoms with Crippen LogP contribution in [0.5, 0.6) is 5.75 Å². The molecular weight excluding hydrogens is 740 g/mol. The third-order valence-electron chi connectivity index (χ3n) is 9.78. The third-order valence-corrected chi connectivity index (χ3v) is 11.1. The number of rotatable bonds is 18. The molecule has 6 rings (SSSR count). The fourth-order valence-electron chi connectivity index (χ4n) is 6.62. The molecule has 1 aromatic heterocycles. The van der Waals surface area contributed by atoms with Crippen molar-refractivity contribution in [1.29, 1.82) is 0 Å². The topological polar surface area (TPSA) is 131 Å². The normalized spacial score (nSPS) is 14.6. The first kappa shape index (κ1) is 40.4. The van der Waals surface area contributed by atoms with Gasteiger partial charge in [0.1, 0.15) is 23.7 Å². The molecule has 0 spiro atoms. The third kappa shape index (κ3) is 9.91. The number of fused-ring (bicyclic) bond motifs is 1. The van der Waals surface area contributed by atoms with Crippen molar-refractivity contribution in [3.8, 4) is 5.75 Å². The number of ether oxygens (including phenoxy) is 4. The summed E-state index contributed by atoms with van der Waals surface area (Å²) >= 11 is 0. The van der Waals surface area contributed by atoms with Gasteiger partial charge in [0.15, 0.2) is 0 Å². The predicted molar refractivity (Wildman–Crippen MR) is 208 cm³/mol. The molecule has 0 bridgehead atoms. The second-order valence-corrected chi connectivity index (χ2v) is 15.1. The van der Waals surface area contributed by atoms with E-state index in [-0.39, 0.29) is 44.2 Å². The zero-order valence-corrected chi connectivity index (χ0v) is 32.9. The Morgan fingerprint density at radius 2 is 1.73 bits per heavy atom. The Labute approximate surface area is 327 Å². The minimum absolute atomic E-state index is 0.0356. The summed E-state index contributed by atoms with van der Waals surface area (Å²) in [6, 6.07) is 24.1. The number of carbonyl (C=O) groups is 1. The lowest BCUT2D eigenvalue weighted by molar-refractivity contribution is -0.143. The average molecular weight is 787 g/mol. The van der Waals surface area contributed by atoms with E-state index < -0.39 is 28.0 Å². The number of hydrogen-bond donors (Lipinski definition) is 0.